The fourth-order valence-corrected chi connectivity index (χ4v) is 3.51. The predicted molar refractivity (Wildman–Crippen MR) is 127 cm³/mol. The summed E-state index contributed by atoms with van der Waals surface area (Å²) in [7, 11) is 0. The van der Waals surface area contributed by atoms with E-state index < -0.39 is 12.1 Å². The quantitative estimate of drug-likeness (QED) is 0.378. The van der Waals surface area contributed by atoms with E-state index >= 15 is 0 Å². The highest BCUT2D eigenvalue weighted by Gasteiger charge is 2.13. The maximum Gasteiger partial charge on any atom is 0.339 e. The maximum absolute atomic E-state index is 11.4. The third-order valence-electron chi connectivity index (χ3n) is 5.24. The molecule has 0 aromatic heterocycles. The molecule has 0 heterocycles. The van der Waals surface area contributed by atoms with E-state index in [1.165, 1.54) is 5.56 Å². The van der Waals surface area contributed by atoms with Gasteiger partial charge in [0.25, 0.3) is 0 Å². The van der Waals surface area contributed by atoms with Crippen LogP contribution < -0.4 is 10.1 Å². The van der Waals surface area contributed by atoms with Crippen molar-refractivity contribution < 1.29 is 19.7 Å². The lowest BCUT2D eigenvalue weighted by atomic mass is 9.99. The largest absolute Gasteiger partial charge is 0.489 e. The zero-order valence-corrected chi connectivity index (χ0v) is 18.2. The van der Waals surface area contributed by atoms with Crippen LogP contribution in [0, 0.1) is 0 Å². The topological polar surface area (TPSA) is 78.8 Å². The summed E-state index contributed by atoms with van der Waals surface area (Å²) in [6, 6.07) is 23.1. The number of rotatable bonds is 11. The molecule has 0 aliphatic heterocycles. The molecule has 3 aromatic carbocycles. The summed E-state index contributed by atoms with van der Waals surface area (Å²) in [6.07, 6.45) is 1.88. The second-order valence-corrected chi connectivity index (χ2v) is 7.75. The molecule has 0 saturated carbocycles. The molecule has 3 aromatic rings. The highest BCUT2D eigenvalue weighted by molar-refractivity contribution is 5.92. The Morgan fingerprint density at radius 3 is 2.41 bits per heavy atom. The maximum atomic E-state index is 11.4. The molecule has 3 rings (SSSR count). The molecule has 0 amide bonds. The zero-order chi connectivity index (χ0) is 22.9. The minimum absolute atomic E-state index is 0.129. The molecule has 2 atom stereocenters. The summed E-state index contributed by atoms with van der Waals surface area (Å²) in [4.78, 5) is 11.4. The van der Waals surface area contributed by atoms with Gasteiger partial charge in [0.15, 0.2) is 0 Å². The van der Waals surface area contributed by atoms with Crippen molar-refractivity contribution >= 4 is 5.97 Å². The number of benzene rings is 3. The van der Waals surface area contributed by atoms with Crippen LogP contribution >= 0.6 is 0 Å². The van der Waals surface area contributed by atoms with Crippen LogP contribution in [0.25, 0.3) is 11.1 Å². The predicted octanol–water partition coefficient (Wildman–Crippen LogP) is 4.87. The summed E-state index contributed by atoms with van der Waals surface area (Å²) in [6.45, 7) is 6.44. The first-order valence-corrected chi connectivity index (χ1v) is 10.6. The molecule has 0 unspecified atom stereocenters. The molecule has 0 aliphatic rings. The minimum atomic E-state index is -1.02. The molecule has 0 bridgehead atoms. The minimum Gasteiger partial charge on any atom is -0.489 e. The Morgan fingerprint density at radius 1 is 1.06 bits per heavy atom. The molecule has 5 nitrogen and oxygen atoms in total. The first-order chi connectivity index (χ1) is 15.5. The Bertz CT molecular complexity index is 1030. The Kier molecular flexibility index (Phi) is 8.20. The lowest BCUT2D eigenvalue weighted by Crippen LogP contribution is -2.32. The Morgan fingerprint density at radius 2 is 1.75 bits per heavy atom. The number of carbonyl (C=O) groups is 1. The average Bonchev–Trinajstić information content (AvgIpc) is 2.82. The van der Waals surface area contributed by atoms with Crippen LogP contribution in [-0.4, -0.2) is 35.4 Å². The lowest BCUT2D eigenvalue weighted by Gasteiger charge is -2.18. The van der Waals surface area contributed by atoms with E-state index in [2.05, 4.69) is 31.0 Å². The van der Waals surface area contributed by atoms with E-state index in [-0.39, 0.29) is 18.2 Å². The Hall–Kier alpha value is -3.41. The van der Waals surface area contributed by atoms with Crippen LogP contribution in [0.5, 0.6) is 5.75 Å². The number of carboxylic acids is 1. The van der Waals surface area contributed by atoms with Crippen LogP contribution in [0.1, 0.15) is 34.5 Å². The number of carboxylic acid groups (broad SMARTS) is 1. The van der Waals surface area contributed by atoms with E-state index in [0.717, 1.165) is 23.1 Å². The van der Waals surface area contributed by atoms with Gasteiger partial charge in [-0.1, -0.05) is 73.3 Å². The van der Waals surface area contributed by atoms with Crippen molar-refractivity contribution in [1.29, 1.82) is 0 Å². The van der Waals surface area contributed by atoms with Gasteiger partial charge in [0.1, 0.15) is 17.9 Å². The van der Waals surface area contributed by atoms with Crippen LogP contribution in [0.15, 0.2) is 85.5 Å². The van der Waals surface area contributed by atoms with Crippen molar-refractivity contribution in [2.75, 3.05) is 13.2 Å². The second kappa shape index (κ2) is 11.3. The van der Waals surface area contributed by atoms with Crippen molar-refractivity contribution in [3.63, 3.8) is 0 Å². The van der Waals surface area contributed by atoms with Crippen molar-refractivity contribution in [2.45, 2.75) is 25.5 Å². The fourth-order valence-electron chi connectivity index (χ4n) is 3.51. The van der Waals surface area contributed by atoms with Gasteiger partial charge < -0.3 is 20.3 Å². The second-order valence-electron chi connectivity index (χ2n) is 7.75. The van der Waals surface area contributed by atoms with Gasteiger partial charge >= 0.3 is 5.97 Å². The fraction of sp³-hybridized carbons (Fsp3) is 0.222. The number of ether oxygens (including phenoxy) is 1. The van der Waals surface area contributed by atoms with Crippen LogP contribution in [0.2, 0.25) is 0 Å². The Balaban J connectivity index is 1.62. The molecule has 32 heavy (non-hydrogen) atoms. The normalized spacial score (nSPS) is 12.7. The van der Waals surface area contributed by atoms with E-state index in [0.29, 0.717) is 12.3 Å². The van der Waals surface area contributed by atoms with Crippen molar-refractivity contribution in [3.8, 4) is 16.9 Å². The number of aliphatic hydroxyl groups excluding tert-OH is 1. The van der Waals surface area contributed by atoms with Gasteiger partial charge in [0, 0.05) is 12.6 Å². The number of aromatic carboxylic acids is 1. The standard InChI is InChI=1S/C27H29NO4/c1-3-15-32-26-17-23(13-14-24(26)27(30)31)21-11-9-20(10-12-21)16-19(2)28-18-25(29)22-7-5-4-6-8-22/h3-14,17,19,25,28-29H,1,15-16,18H2,2H3,(H,30,31)/t19-,25+/m1/s1. The molecule has 0 fully saturated rings. The van der Waals surface area contributed by atoms with E-state index in [1.807, 2.05) is 42.5 Å². The molecule has 166 valence electrons. The molecule has 0 aliphatic carbocycles. The smallest absolute Gasteiger partial charge is 0.339 e. The third-order valence-corrected chi connectivity index (χ3v) is 5.24. The molecular formula is C27H29NO4. The summed E-state index contributed by atoms with van der Waals surface area (Å²) in [5.41, 5.74) is 4.08. The van der Waals surface area contributed by atoms with Crippen molar-refractivity contribution in [1.82, 2.24) is 5.32 Å². The highest BCUT2D eigenvalue weighted by Crippen LogP contribution is 2.28. The molecule has 0 saturated heterocycles. The van der Waals surface area contributed by atoms with Gasteiger partial charge in [-0.3, -0.25) is 0 Å². The van der Waals surface area contributed by atoms with Crippen LogP contribution in [-0.2, 0) is 6.42 Å². The van der Waals surface area contributed by atoms with Gasteiger partial charge in [0.2, 0.25) is 0 Å². The summed E-state index contributed by atoms with van der Waals surface area (Å²) in [5.74, 6) is -0.696. The van der Waals surface area contributed by atoms with Crippen LogP contribution in [0.4, 0.5) is 0 Å². The molecule has 0 radical (unpaired) electrons. The van der Waals surface area contributed by atoms with Gasteiger partial charge in [0.05, 0.1) is 6.10 Å². The highest BCUT2D eigenvalue weighted by atomic mass is 16.5. The number of nitrogens with one attached hydrogen (secondary N) is 1. The Labute approximate surface area is 189 Å². The van der Waals surface area contributed by atoms with E-state index in [9.17, 15) is 15.0 Å². The molecule has 3 N–H and O–H groups in total. The first kappa shape index (κ1) is 23.3. The van der Waals surface area contributed by atoms with Crippen molar-refractivity contribution in [3.05, 3.63) is 102 Å². The summed E-state index contributed by atoms with van der Waals surface area (Å²) >= 11 is 0. The van der Waals surface area contributed by atoms with Gasteiger partial charge in [-0.15, -0.1) is 0 Å². The van der Waals surface area contributed by atoms with Crippen LogP contribution in [0.3, 0.4) is 0 Å². The van der Waals surface area contributed by atoms with E-state index in [1.54, 1.807) is 24.3 Å². The SMILES string of the molecule is C=CCOc1cc(-c2ccc(C[C@@H](C)NC[C@H](O)c3ccccc3)cc2)ccc1C(=O)O. The van der Waals surface area contributed by atoms with E-state index in [4.69, 9.17) is 4.74 Å². The average molecular weight is 432 g/mol. The van der Waals surface area contributed by atoms with Gasteiger partial charge in [-0.25, -0.2) is 4.79 Å². The summed E-state index contributed by atoms with van der Waals surface area (Å²) in [5, 5.41) is 23.1. The van der Waals surface area contributed by atoms with Gasteiger partial charge in [-0.05, 0) is 47.7 Å². The number of aliphatic hydroxyl groups is 1. The third kappa shape index (κ3) is 6.30. The first-order valence-electron chi connectivity index (χ1n) is 10.6. The number of hydrogen-bond acceptors (Lipinski definition) is 4. The van der Waals surface area contributed by atoms with Gasteiger partial charge in [-0.2, -0.15) is 0 Å². The van der Waals surface area contributed by atoms with Crippen molar-refractivity contribution in [2.24, 2.45) is 0 Å². The number of hydrogen-bond donors (Lipinski definition) is 3. The molecule has 5 heteroatoms. The summed E-state index contributed by atoms with van der Waals surface area (Å²) < 4.78 is 5.54. The monoisotopic (exact) mass is 431 g/mol. The molecule has 0 spiro atoms. The molecular weight excluding hydrogens is 402 g/mol. The zero-order valence-electron chi connectivity index (χ0n) is 18.2. The lowest BCUT2D eigenvalue weighted by molar-refractivity contribution is 0.0693.